The second kappa shape index (κ2) is 10.8. The van der Waals surface area contributed by atoms with Crippen molar-refractivity contribution in [1.29, 1.82) is 0 Å². The van der Waals surface area contributed by atoms with Crippen LogP contribution in [0, 0.1) is 23.1 Å². The minimum Gasteiger partial charge on any atom is -0.348 e. The first-order valence-electron chi connectivity index (χ1n) is 17.5. The number of nitrogens with zero attached hydrogens (tertiary/aromatic N) is 4. The average Bonchev–Trinajstić information content (AvgIpc) is 4.02. The molecule has 5 heterocycles. The van der Waals surface area contributed by atoms with E-state index in [9.17, 15) is 14.0 Å². The van der Waals surface area contributed by atoms with Gasteiger partial charge in [-0.1, -0.05) is 12.8 Å². The molecule has 6 atom stereocenters. The van der Waals surface area contributed by atoms with E-state index in [1.165, 1.54) is 12.1 Å². The van der Waals surface area contributed by atoms with Gasteiger partial charge in [0.15, 0.2) is 5.82 Å². The number of halogens is 2. The molecule has 246 valence electrons. The summed E-state index contributed by atoms with van der Waals surface area (Å²) in [5, 5.41) is 9.99. The highest BCUT2D eigenvalue weighted by Gasteiger charge is 2.64. The summed E-state index contributed by atoms with van der Waals surface area (Å²) >= 11 is 0. The van der Waals surface area contributed by atoms with Crippen molar-refractivity contribution in [3.63, 3.8) is 0 Å². The van der Waals surface area contributed by atoms with Crippen LogP contribution in [0.1, 0.15) is 92.8 Å². The van der Waals surface area contributed by atoms with Gasteiger partial charge in [0.05, 0.1) is 40.1 Å². The molecule has 4 fully saturated rings. The van der Waals surface area contributed by atoms with Crippen LogP contribution in [0.3, 0.4) is 0 Å². The SMILES string of the molecule is C[C@H]1NC(=O)[C@@H]2C[C@H]2CCCCCn2c(-c3nc4cc(C(=O)N[C@H]5CNCC[C@@H]5F)c(F)cc4n3C3CC34CC4)cc3ccc1nc32. The van der Waals surface area contributed by atoms with Gasteiger partial charge in [0.25, 0.3) is 5.91 Å². The summed E-state index contributed by atoms with van der Waals surface area (Å²) in [5.41, 5.74) is 3.96. The van der Waals surface area contributed by atoms with Gasteiger partial charge in [-0.2, -0.15) is 0 Å². The molecular weight excluding hydrogens is 600 g/mol. The third-order valence-electron chi connectivity index (χ3n) is 11.6. The summed E-state index contributed by atoms with van der Waals surface area (Å²) in [6.07, 6.45) is 7.64. The van der Waals surface area contributed by atoms with Gasteiger partial charge < -0.3 is 25.1 Å². The first kappa shape index (κ1) is 29.3. The second-order valence-electron chi connectivity index (χ2n) is 14.8. The zero-order chi connectivity index (χ0) is 32.0. The molecule has 9 nitrogen and oxygen atoms in total. The maximum Gasteiger partial charge on any atom is 0.254 e. The Morgan fingerprint density at radius 3 is 2.79 bits per heavy atom. The molecule has 2 bridgehead atoms. The van der Waals surface area contributed by atoms with Crippen LogP contribution in [0.4, 0.5) is 8.78 Å². The standard InChI is InChI=1S/C36H41F2N7O2/c1-19-26-7-6-21-14-30(44(32(21)41-26)12-4-2-3-5-20-13-22(20)34(46)40-19)33-42-27-15-23(35(47)43-28-18-39-11-8-24(28)37)25(38)16-29(27)45(33)31-17-36(31)9-10-36/h6-7,14-16,19-20,22,24,28,31,39H,2-5,8-13,17-18H2,1H3,(H,40,46)(H,43,47)/t19-,20-,22-,24+,28+,31?/m1/s1. The van der Waals surface area contributed by atoms with Crippen LogP contribution >= 0.6 is 0 Å². The third-order valence-corrected chi connectivity index (χ3v) is 11.6. The summed E-state index contributed by atoms with van der Waals surface area (Å²) in [4.78, 5) is 36.4. The number of imidazole rings is 1. The van der Waals surface area contributed by atoms with Gasteiger partial charge in [-0.3, -0.25) is 9.59 Å². The lowest BCUT2D eigenvalue weighted by Crippen LogP contribution is -2.52. The Morgan fingerprint density at radius 2 is 1.98 bits per heavy atom. The highest BCUT2D eigenvalue weighted by Crippen LogP contribution is 2.74. The number of carbonyl (C=O) groups is 2. The van der Waals surface area contributed by atoms with Crippen molar-refractivity contribution in [3.05, 3.63) is 47.4 Å². The summed E-state index contributed by atoms with van der Waals surface area (Å²) in [7, 11) is 0. The zero-order valence-corrected chi connectivity index (χ0v) is 26.7. The van der Waals surface area contributed by atoms with Crippen molar-refractivity contribution >= 4 is 33.9 Å². The number of alkyl halides is 1. The van der Waals surface area contributed by atoms with Crippen molar-refractivity contribution < 1.29 is 18.4 Å². The molecule has 11 heteroatoms. The number of hydrogen-bond donors (Lipinski definition) is 3. The molecule has 1 saturated heterocycles. The molecule has 4 aromatic rings. The van der Waals surface area contributed by atoms with Crippen molar-refractivity contribution in [3.8, 4) is 11.5 Å². The highest BCUT2D eigenvalue weighted by molar-refractivity contribution is 5.98. The minimum atomic E-state index is -1.17. The van der Waals surface area contributed by atoms with E-state index in [4.69, 9.17) is 9.97 Å². The molecule has 3 saturated carbocycles. The highest BCUT2D eigenvalue weighted by atomic mass is 19.1. The predicted octanol–water partition coefficient (Wildman–Crippen LogP) is 5.73. The molecule has 1 spiro atoms. The van der Waals surface area contributed by atoms with Crippen LogP contribution in [-0.4, -0.2) is 56.2 Å². The summed E-state index contributed by atoms with van der Waals surface area (Å²) in [6.45, 7) is 3.63. The van der Waals surface area contributed by atoms with Gasteiger partial charge in [0, 0.05) is 36.5 Å². The van der Waals surface area contributed by atoms with Crippen LogP contribution in [0.2, 0.25) is 0 Å². The van der Waals surface area contributed by atoms with Crippen molar-refractivity contribution in [2.45, 2.75) is 95.6 Å². The lowest BCUT2D eigenvalue weighted by molar-refractivity contribution is -0.123. The van der Waals surface area contributed by atoms with Crippen LogP contribution in [0.25, 0.3) is 33.6 Å². The van der Waals surface area contributed by atoms with Gasteiger partial charge in [0.1, 0.15) is 17.6 Å². The van der Waals surface area contributed by atoms with Gasteiger partial charge in [-0.25, -0.2) is 18.7 Å². The largest absolute Gasteiger partial charge is 0.348 e. The predicted molar refractivity (Wildman–Crippen MR) is 174 cm³/mol. The number of piperidine rings is 1. The smallest absolute Gasteiger partial charge is 0.254 e. The number of rotatable bonds is 4. The Kier molecular flexibility index (Phi) is 6.75. The van der Waals surface area contributed by atoms with E-state index in [0.717, 1.165) is 86.2 Å². The number of nitrogens with one attached hydrogen (secondary N) is 3. The second-order valence-corrected chi connectivity index (χ2v) is 14.8. The third kappa shape index (κ3) is 5.03. The van der Waals surface area contributed by atoms with E-state index in [0.29, 0.717) is 36.5 Å². The Morgan fingerprint density at radius 1 is 1.11 bits per heavy atom. The number of amides is 2. The fourth-order valence-corrected chi connectivity index (χ4v) is 8.32. The number of carbonyl (C=O) groups excluding carboxylic acids is 2. The molecule has 5 aliphatic rings. The monoisotopic (exact) mass is 641 g/mol. The van der Waals surface area contributed by atoms with Crippen molar-refractivity contribution in [1.82, 2.24) is 35.1 Å². The first-order chi connectivity index (χ1) is 22.8. The lowest BCUT2D eigenvalue weighted by Gasteiger charge is -2.27. The lowest BCUT2D eigenvalue weighted by atomic mass is 10.0. The number of pyridine rings is 1. The van der Waals surface area contributed by atoms with Crippen molar-refractivity contribution in [2.24, 2.45) is 17.3 Å². The molecule has 3 aliphatic carbocycles. The molecule has 1 aromatic carbocycles. The summed E-state index contributed by atoms with van der Waals surface area (Å²) in [5.74, 6) is 0.246. The molecule has 3 aromatic heterocycles. The molecule has 3 N–H and O–H groups in total. The van der Waals surface area contributed by atoms with Crippen LogP contribution < -0.4 is 16.0 Å². The Hall–Kier alpha value is -3.86. The molecular formula is C36H41F2N7O2. The van der Waals surface area contributed by atoms with Crippen LogP contribution in [0.15, 0.2) is 30.3 Å². The molecule has 47 heavy (non-hydrogen) atoms. The van der Waals surface area contributed by atoms with Crippen LogP contribution in [-0.2, 0) is 11.3 Å². The van der Waals surface area contributed by atoms with Gasteiger partial charge in [-0.05, 0) is 94.0 Å². The Labute approximate surface area is 271 Å². The van der Waals surface area contributed by atoms with E-state index in [-0.39, 0.29) is 34.9 Å². The summed E-state index contributed by atoms with van der Waals surface area (Å²) < 4.78 is 34.7. The van der Waals surface area contributed by atoms with Crippen LogP contribution in [0.5, 0.6) is 0 Å². The van der Waals surface area contributed by atoms with E-state index < -0.39 is 23.9 Å². The van der Waals surface area contributed by atoms with Gasteiger partial charge >= 0.3 is 0 Å². The number of aryl methyl sites for hydroxylation is 1. The van der Waals surface area contributed by atoms with Gasteiger partial charge in [-0.15, -0.1) is 0 Å². The number of benzene rings is 1. The number of aromatic nitrogens is 4. The van der Waals surface area contributed by atoms with E-state index in [1.54, 1.807) is 0 Å². The normalized spacial score (nSPS) is 29.8. The van der Waals surface area contributed by atoms with E-state index >= 15 is 4.39 Å². The first-order valence-corrected chi connectivity index (χ1v) is 17.5. The molecule has 2 aliphatic heterocycles. The maximum absolute atomic E-state index is 15.8. The number of fused-ring (bicyclic) bond motifs is 3. The molecule has 1 unspecified atom stereocenters. The number of hydrogen-bond acceptors (Lipinski definition) is 5. The average molecular weight is 642 g/mol. The topological polar surface area (TPSA) is 106 Å². The molecule has 2 amide bonds. The minimum absolute atomic E-state index is 0.120. The zero-order valence-electron chi connectivity index (χ0n) is 26.7. The maximum atomic E-state index is 15.8. The Bertz CT molecular complexity index is 1930. The van der Waals surface area contributed by atoms with Gasteiger partial charge in [0.2, 0.25) is 5.91 Å². The fourth-order valence-electron chi connectivity index (χ4n) is 8.32. The molecule has 9 rings (SSSR count). The Balaban J connectivity index is 1.14. The molecule has 0 radical (unpaired) electrons. The quantitative estimate of drug-likeness (QED) is 0.264. The van der Waals surface area contributed by atoms with E-state index in [2.05, 4.69) is 37.2 Å². The van der Waals surface area contributed by atoms with Crippen molar-refractivity contribution in [2.75, 3.05) is 13.1 Å². The fraction of sp³-hybridized carbons (Fsp3) is 0.556. The van der Waals surface area contributed by atoms with E-state index in [1.807, 2.05) is 13.0 Å². The summed E-state index contributed by atoms with van der Waals surface area (Å²) in [6, 6.07) is 8.47.